The molecule has 1 aromatic heterocycles. The Morgan fingerprint density at radius 1 is 1.53 bits per heavy atom. The molecule has 6 heteroatoms. The van der Waals surface area contributed by atoms with Gasteiger partial charge in [-0.3, -0.25) is 14.3 Å². The van der Waals surface area contributed by atoms with Gasteiger partial charge in [-0.05, 0) is 20.3 Å². The normalized spacial score (nSPS) is 22.6. The molecule has 0 radical (unpaired) electrons. The second-order valence-corrected chi connectivity index (χ2v) is 5.38. The van der Waals surface area contributed by atoms with Crippen molar-refractivity contribution >= 4 is 18.0 Å². The molecule has 1 unspecified atom stereocenters. The average Bonchev–Trinajstić information content (AvgIpc) is 2.89. The molecule has 19 heavy (non-hydrogen) atoms. The molecule has 1 aromatic rings. The number of nitrogens with zero attached hydrogens (tertiary/aromatic N) is 3. The third kappa shape index (κ3) is 2.11. The molecule has 2 heterocycles. The highest BCUT2D eigenvalue weighted by Crippen LogP contribution is 2.34. The molecular weight excluding hydrogens is 244 g/mol. The average molecular weight is 264 g/mol. The fourth-order valence-electron chi connectivity index (χ4n) is 2.80. The number of rotatable bonds is 3. The summed E-state index contributed by atoms with van der Waals surface area (Å²) in [6.07, 6.45) is 1.61. The Labute approximate surface area is 112 Å². The zero-order valence-electron chi connectivity index (χ0n) is 11.9. The van der Waals surface area contributed by atoms with Crippen LogP contribution in [0.2, 0.25) is 0 Å². The second kappa shape index (κ2) is 4.68. The van der Waals surface area contributed by atoms with Gasteiger partial charge in [-0.1, -0.05) is 0 Å². The van der Waals surface area contributed by atoms with E-state index in [-0.39, 0.29) is 5.91 Å². The summed E-state index contributed by atoms with van der Waals surface area (Å²) in [5, 5.41) is 6.99. The molecule has 0 aromatic carbocycles. The molecule has 2 rings (SSSR count). The maximum absolute atomic E-state index is 11.9. The van der Waals surface area contributed by atoms with Gasteiger partial charge < -0.3 is 10.2 Å². The molecular formula is C13H20N4O2. The monoisotopic (exact) mass is 264 g/mol. The van der Waals surface area contributed by atoms with Crippen molar-refractivity contribution in [3.05, 3.63) is 11.3 Å². The first-order valence-corrected chi connectivity index (χ1v) is 6.39. The Hall–Kier alpha value is -1.85. The smallest absolute Gasteiger partial charge is 0.227 e. The lowest BCUT2D eigenvalue weighted by Gasteiger charge is -2.24. The van der Waals surface area contributed by atoms with Crippen LogP contribution in [-0.4, -0.2) is 42.1 Å². The van der Waals surface area contributed by atoms with Crippen molar-refractivity contribution < 1.29 is 9.59 Å². The van der Waals surface area contributed by atoms with Crippen LogP contribution < -0.4 is 10.2 Å². The van der Waals surface area contributed by atoms with E-state index in [2.05, 4.69) is 15.3 Å². The van der Waals surface area contributed by atoms with Crippen LogP contribution in [0.5, 0.6) is 0 Å². The molecule has 1 amide bonds. The molecule has 0 aliphatic carbocycles. The molecule has 1 saturated heterocycles. The minimum absolute atomic E-state index is 0.0431. The highest BCUT2D eigenvalue weighted by atomic mass is 16.2. The Morgan fingerprint density at radius 3 is 2.79 bits per heavy atom. The van der Waals surface area contributed by atoms with E-state index < -0.39 is 5.41 Å². The van der Waals surface area contributed by atoms with Crippen LogP contribution in [0.25, 0.3) is 0 Å². The van der Waals surface area contributed by atoms with Gasteiger partial charge in [-0.2, -0.15) is 5.10 Å². The van der Waals surface area contributed by atoms with E-state index in [1.54, 1.807) is 11.7 Å². The fraction of sp³-hybridized carbons (Fsp3) is 0.615. The molecule has 0 spiro atoms. The Bertz CT molecular complexity index is 523. The number of nitrogens with one attached hydrogen (secondary N) is 1. The van der Waals surface area contributed by atoms with Crippen molar-refractivity contribution in [1.82, 2.24) is 15.1 Å². The lowest BCUT2D eigenvalue weighted by Crippen LogP contribution is -2.39. The lowest BCUT2D eigenvalue weighted by atomic mass is 9.89. The SMILES string of the molecule is CNC(=O)C1(C)CCN(c2c(C=O)c(C)nn2C)C1. The molecule has 104 valence electrons. The number of aldehydes is 1. The van der Waals surface area contributed by atoms with Gasteiger partial charge in [-0.25, -0.2) is 0 Å². The largest absolute Gasteiger partial charge is 0.359 e. The quantitative estimate of drug-likeness (QED) is 0.807. The zero-order chi connectivity index (χ0) is 14.2. The molecule has 0 saturated carbocycles. The predicted molar refractivity (Wildman–Crippen MR) is 72.3 cm³/mol. The summed E-state index contributed by atoms with van der Waals surface area (Å²) in [6.45, 7) is 5.13. The maximum Gasteiger partial charge on any atom is 0.227 e. The number of hydrogen-bond donors (Lipinski definition) is 1. The van der Waals surface area contributed by atoms with Gasteiger partial charge >= 0.3 is 0 Å². The summed E-state index contributed by atoms with van der Waals surface area (Å²) in [6, 6.07) is 0. The van der Waals surface area contributed by atoms with Crippen LogP contribution in [-0.2, 0) is 11.8 Å². The highest BCUT2D eigenvalue weighted by molar-refractivity contribution is 5.87. The van der Waals surface area contributed by atoms with Gasteiger partial charge in [0, 0.05) is 27.2 Å². The first-order valence-electron chi connectivity index (χ1n) is 6.39. The number of amides is 1. The zero-order valence-corrected chi connectivity index (χ0v) is 11.9. The Morgan fingerprint density at radius 2 is 2.21 bits per heavy atom. The lowest BCUT2D eigenvalue weighted by molar-refractivity contribution is -0.128. The van der Waals surface area contributed by atoms with Crippen molar-refractivity contribution in [1.29, 1.82) is 0 Å². The van der Waals surface area contributed by atoms with E-state index in [1.165, 1.54) is 0 Å². The maximum atomic E-state index is 11.9. The van der Waals surface area contributed by atoms with Crippen LogP contribution in [0.15, 0.2) is 0 Å². The van der Waals surface area contributed by atoms with Crippen LogP contribution >= 0.6 is 0 Å². The first-order chi connectivity index (χ1) is 8.92. The van der Waals surface area contributed by atoms with E-state index in [0.29, 0.717) is 12.1 Å². The molecule has 6 nitrogen and oxygen atoms in total. The van der Waals surface area contributed by atoms with E-state index in [9.17, 15) is 9.59 Å². The van der Waals surface area contributed by atoms with Gasteiger partial charge in [0.1, 0.15) is 5.82 Å². The third-order valence-electron chi connectivity index (χ3n) is 3.90. The standard InChI is InChI=1S/C13H20N4O2/c1-9-10(7-18)11(16(4)15-9)17-6-5-13(2,8-17)12(19)14-3/h7H,5-6,8H2,1-4H3,(H,14,19). The topological polar surface area (TPSA) is 67.2 Å². The Balaban J connectivity index is 2.31. The van der Waals surface area contributed by atoms with Crippen molar-refractivity contribution in [2.24, 2.45) is 12.5 Å². The number of hydrogen-bond acceptors (Lipinski definition) is 4. The highest BCUT2D eigenvalue weighted by Gasteiger charge is 2.41. The molecule has 0 bridgehead atoms. The Kier molecular flexibility index (Phi) is 3.34. The van der Waals surface area contributed by atoms with Gasteiger partial charge in [0.15, 0.2) is 6.29 Å². The van der Waals surface area contributed by atoms with Crippen LogP contribution in [0, 0.1) is 12.3 Å². The number of carbonyl (C=O) groups excluding carboxylic acids is 2. The molecule has 1 atom stereocenters. The predicted octanol–water partition coefficient (Wildman–Crippen LogP) is 0.503. The van der Waals surface area contributed by atoms with Gasteiger partial charge in [0.2, 0.25) is 5.91 Å². The van der Waals surface area contributed by atoms with Crippen molar-refractivity contribution in [3.8, 4) is 0 Å². The van der Waals surface area contributed by atoms with Gasteiger partial charge in [0.05, 0.1) is 16.7 Å². The summed E-state index contributed by atoms with van der Waals surface area (Å²) in [5.74, 6) is 0.849. The number of aromatic nitrogens is 2. The van der Waals surface area contributed by atoms with Gasteiger partial charge in [0.25, 0.3) is 0 Å². The minimum atomic E-state index is -0.410. The van der Waals surface area contributed by atoms with Crippen LogP contribution in [0.3, 0.4) is 0 Å². The molecule has 1 N–H and O–H groups in total. The summed E-state index contributed by atoms with van der Waals surface area (Å²) in [5.41, 5.74) is 0.928. The first kappa shape index (κ1) is 13.6. The van der Waals surface area contributed by atoms with Crippen LogP contribution in [0.4, 0.5) is 5.82 Å². The van der Waals surface area contributed by atoms with Crippen LogP contribution in [0.1, 0.15) is 29.4 Å². The van der Waals surface area contributed by atoms with Crippen molar-refractivity contribution in [2.45, 2.75) is 20.3 Å². The van der Waals surface area contributed by atoms with Crippen molar-refractivity contribution in [3.63, 3.8) is 0 Å². The summed E-state index contributed by atoms with van der Waals surface area (Å²) in [4.78, 5) is 25.2. The molecule has 1 fully saturated rings. The number of anilines is 1. The number of carbonyl (C=O) groups is 2. The van der Waals surface area contributed by atoms with E-state index >= 15 is 0 Å². The second-order valence-electron chi connectivity index (χ2n) is 5.38. The molecule has 1 aliphatic rings. The molecule has 1 aliphatic heterocycles. The van der Waals surface area contributed by atoms with E-state index in [1.807, 2.05) is 20.9 Å². The van der Waals surface area contributed by atoms with Gasteiger partial charge in [-0.15, -0.1) is 0 Å². The van der Waals surface area contributed by atoms with Crippen molar-refractivity contribution in [2.75, 3.05) is 25.0 Å². The van der Waals surface area contributed by atoms with E-state index in [0.717, 1.165) is 30.8 Å². The fourth-order valence-corrected chi connectivity index (χ4v) is 2.80. The van der Waals surface area contributed by atoms with E-state index in [4.69, 9.17) is 0 Å². The summed E-state index contributed by atoms with van der Waals surface area (Å²) >= 11 is 0. The number of aryl methyl sites for hydroxylation is 2. The third-order valence-corrected chi connectivity index (χ3v) is 3.90. The summed E-state index contributed by atoms with van der Waals surface area (Å²) < 4.78 is 1.72. The summed E-state index contributed by atoms with van der Waals surface area (Å²) in [7, 11) is 3.48. The minimum Gasteiger partial charge on any atom is -0.359 e.